The fourth-order valence-corrected chi connectivity index (χ4v) is 1.84. The van der Waals surface area contributed by atoms with Gasteiger partial charge in [0.05, 0.1) is 12.2 Å². The lowest BCUT2D eigenvalue weighted by Gasteiger charge is -2.09. The van der Waals surface area contributed by atoms with Crippen LogP contribution in [0.5, 0.6) is 5.75 Å². The number of para-hydroxylation sites is 1. The van der Waals surface area contributed by atoms with Gasteiger partial charge in [-0.2, -0.15) is 0 Å². The summed E-state index contributed by atoms with van der Waals surface area (Å²) in [4.78, 5) is 23.2. The molecule has 2 N–H and O–H groups in total. The van der Waals surface area contributed by atoms with Crippen molar-refractivity contribution in [1.82, 2.24) is 5.32 Å². The van der Waals surface area contributed by atoms with Gasteiger partial charge in [0.1, 0.15) is 11.6 Å². The molecule has 0 aliphatic carbocycles. The first kappa shape index (κ1) is 16.8. The largest absolute Gasteiger partial charge is 0.484 e. The number of nitrogens with one attached hydrogen (secondary N) is 2. The van der Waals surface area contributed by atoms with Crippen LogP contribution in [0.3, 0.4) is 0 Å². The van der Waals surface area contributed by atoms with Crippen LogP contribution in [0, 0.1) is 5.82 Å². The number of amides is 2. The third-order valence-electron chi connectivity index (χ3n) is 2.76. The van der Waals surface area contributed by atoms with E-state index < -0.39 is 17.6 Å². The molecule has 2 amide bonds. The van der Waals surface area contributed by atoms with E-state index in [1.807, 2.05) is 6.07 Å². The van der Waals surface area contributed by atoms with Gasteiger partial charge in [0.15, 0.2) is 6.61 Å². The maximum Gasteiger partial charge on any atom is 0.258 e. The van der Waals surface area contributed by atoms with E-state index >= 15 is 0 Å². The Bertz CT molecular complexity index is 695. The lowest BCUT2D eigenvalue weighted by molar-refractivity contribution is -0.125. The van der Waals surface area contributed by atoms with Crippen LogP contribution < -0.4 is 15.4 Å². The van der Waals surface area contributed by atoms with E-state index in [9.17, 15) is 14.0 Å². The number of anilines is 1. The molecule has 0 bridgehead atoms. The van der Waals surface area contributed by atoms with Gasteiger partial charge in [-0.1, -0.05) is 29.8 Å². The first-order valence-electron chi connectivity index (χ1n) is 6.74. The summed E-state index contributed by atoms with van der Waals surface area (Å²) in [5.74, 6) is -1.11. The summed E-state index contributed by atoms with van der Waals surface area (Å²) >= 11 is 5.62. The molecular weight excluding hydrogens is 323 g/mol. The maximum atomic E-state index is 13.5. The monoisotopic (exact) mass is 336 g/mol. The molecule has 0 aliphatic rings. The fourth-order valence-electron chi connectivity index (χ4n) is 1.68. The van der Waals surface area contributed by atoms with Crippen molar-refractivity contribution in [2.24, 2.45) is 0 Å². The van der Waals surface area contributed by atoms with Crippen LogP contribution in [0.25, 0.3) is 0 Å². The zero-order valence-corrected chi connectivity index (χ0v) is 12.8. The second kappa shape index (κ2) is 8.14. The molecular formula is C16H14ClFN2O3. The Morgan fingerprint density at radius 2 is 1.83 bits per heavy atom. The molecule has 0 unspecified atom stereocenters. The summed E-state index contributed by atoms with van der Waals surface area (Å²) in [7, 11) is 0. The van der Waals surface area contributed by atoms with Gasteiger partial charge in [-0.15, -0.1) is 0 Å². The molecule has 0 fully saturated rings. The molecule has 120 valence electrons. The number of carbonyl (C=O) groups excluding carboxylic acids is 2. The lowest BCUT2D eigenvalue weighted by Crippen LogP contribution is -2.35. The number of rotatable bonds is 6. The van der Waals surface area contributed by atoms with Crippen molar-refractivity contribution in [2.75, 3.05) is 18.5 Å². The number of ether oxygens (including phenoxy) is 1. The lowest BCUT2D eigenvalue weighted by atomic mass is 10.3. The molecule has 2 aromatic rings. The highest BCUT2D eigenvalue weighted by atomic mass is 35.5. The van der Waals surface area contributed by atoms with Crippen LogP contribution in [0.15, 0.2) is 48.5 Å². The average Bonchev–Trinajstić information content (AvgIpc) is 2.54. The van der Waals surface area contributed by atoms with E-state index in [0.29, 0.717) is 5.75 Å². The van der Waals surface area contributed by atoms with E-state index in [1.54, 1.807) is 24.3 Å². The number of halogens is 2. The third-order valence-corrected chi connectivity index (χ3v) is 3.00. The number of hydrogen-bond acceptors (Lipinski definition) is 3. The minimum atomic E-state index is -0.649. The van der Waals surface area contributed by atoms with Gasteiger partial charge in [-0.25, -0.2) is 4.39 Å². The molecule has 0 atom stereocenters. The molecule has 7 heteroatoms. The normalized spacial score (nSPS) is 10.0. The fraction of sp³-hybridized carbons (Fsp3) is 0.125. The van der Waals surface area contributed by atoms with Gasteiger partial charge in [-0.05, 0) is 30.3 Å². The van der Waals surface area contributed by atoms with E-state index in [0.717, 1.165) is 6.07 Å². The molecule has 0 aromatic heterocycles. The van der Waals surface area contributed by atoms with Crippen LogP contribution >= 0.6 is 11.6 Å². The Kier molecular flexibility index (Phi) is 5.94. The molecule has 0 saturated heterocycles. The predicted octanol–water partition coefficient (Wildman–Crippen LogP) is 2.61. The van der Waals surface area contributed by atoms with E-state index in [4.69, 9.17) is 16.3 Å². The van der Waals surface area contributed by atoms with Crippen LogP contribution in [0.1, 0.15) is 0 Å². The first-order chi connectivity index (χ1) is 11.0. The molecule has 0 radical (unpaired) electrons. The Labute approximate surface area is 137 Å². The molecule has 23 heavy (non-hydrogen) atoms. The Morgan fingerprint density at radius 3 is 2.52 bits per heavy atom. The molecule has 0 heterocycles. The summed E-state index contributed by atoms with van der Waals surface area (Å²) in [6, 6.07) is 12.7. The highest BCUT2D eigenvalue weighted by Crippen LogP contribution is 2.18. The Morgan fingerprint density at radius 1 is 1.09 bits per heavy atom. The number of hydrogen-bond donors (Lipinski definition) is 2. The van der Waals surface area contributed by atoms with Crippen molar-refractivity contribution in [3.05, 3.63) is 59.4 Å². The maximum absolute atomic E-state index is 13.5. The van der Waals surface area contributed by atoms with Crippen molar-refractivity contribution in [2.45, 2.75) is 0 Å². The highest BCUT2D eigenvalue weighted by Gasteiger charge is 2.09. The van der Waals surface area contributed by atoms with Gasteiger partial charge < -0.3 is 15.4 Å². The second-order valence-electron chi connectivity index (χ2n) is 4.55. The van der Waals surface area contributed by atoms with Gasteiger partial charge in [0.25, 0.3) is 5.91 Å². The zero-order chi connectivity index (χ0) is 16.7. The smallest absolute Gasteiger partial charge is 0.258 e. The molecule has 2 aromatic carbocycles. The molecule has 0 spiro atoms. The van der Waals surface area contributed by atoms with Gasteiger partial charge in [0.2, 0.25) is 5.91 Å². The number of carbonyl (C=O) groups is 2. The molecule has 0 saturated carbocycles. The second-order valence-corrected chi connectivity index (χ2v) is 4.99. The Balaban J connectivity index is 1.74. The molecule has 5 nitrogen and oxygen atoms in total. The minimum Gasteiger partial charge on any atom is -0.484 e. The van der Waals surface area contributed by atoms with E-state index in [-0.39, 0.29) is 23.9 Å². The zero-order valence-electron chi connectivity index (χ0n) is 12.0. The SMILES string of the molecule is O=C(COc1ccccc1)NCC(=O)Nc1ccc(Cl)cc1F. The average molecular weight is 337 g/mol. The van der Waals surface area contributed by atoms with Gasteiger partial charge >= 0.3 is 0 Å². The Hall–Kier alpha value is -2.60. The minimum absolute atomic E-state index is 0.00538. The summed E-state index contributed by atoms with van der Waals surface area (Å²) in [5.41, 5.74) is -0.00538. The van der Waals surface area contributed by atoms with Crippen molar-refractivity contribution in [3.63, 3.8) is 0 Å². The number of benzene rings is 2. The summed E-state index contributed by atoms with van der Waals surface area (Å²) < 4.78 is 18.7. The van der Waals surface area contributed by atoms with E-state index in [2.05, 4.69) is 10.6 Å². The summed E-state index contributed by atoms with van der Waals surface area (Å²) in [6.07, 6.45) is 0. The highest BCUT2D eigenvalue weighted by molar-refractivity contribution is 6.30. The third kappa shape index (κ3) is 5.60. The van der Waals surface area contributed by atoms with Crippen molar-refractivity contribution in [3.8, 4) is 5.75 Å². The van der Waals surface area contributed by atoms with Crippen LogP contribution in [-0.4, -0.2) is 25.0 Å². The molecule has 2 rings (SSSR count). The quantitative estimate of drug-likeness (QED) is 0.852. The van der Waals surface area contributed by atoms with E-state index in [1.165, 1.54) is 12.1 Å². The predicted molar refractivity (Wildman–Crippen MR) is 85.0 cm³/mol. The topological polar surface area (TPSA) is 67.4 Å². The summed E-state index contributed by atoms with van der Waals surface area (Å²) in [5, 5.41) is 4.95. The van der Waals surface area contributed by atoms with Crippen LogP contribution in [-0.2, 0) is 9.59 Å². The first-order valence-corrected chi connectivity index (χ1v) is 7.12. The van der Waals surface area contributed by atoms with Crippen molar-refractivity contribution >= 4 is 29.1 Å². The van der Waals surface area contributed by atoms with Gasteiger partial charge in [-0.3, -0.25) is 9.59 Å². The standard InChI is InChI=1S/C16H14ClFN2O3/c17-11-6-7-14(13(18)8-11)20-15(21)9-19-16(22)10-23-12-4-2-1-3-5-12/h1-8H,9-10H2,(H,19,22)(H,20,21). The van der Waals surface area contributed by atoms with Crippen molar-refractivity contribution < 1.29 is 18.7 Å². The summed E-state index contributed by atoms with van der Waals surface area (Å²) in [6.45, 7) is -0.508. The van der Waals surface area contributed by atoms with Gasteiger partial charge in [0, 0.05) is 5.02 Å². The van der Waals surface area contributed by atoms with Crippen LogP contribution in [0.4, 0.5) is 10.1 Å². The van der Waals surface area contributed by atoms with Crippen LogP contribution in [0.2, 0.25) is 5.02 Å². The van der Waals surface area contributed by atoms with Crippen molar-refractivity contribution in [1.29, 1.82) is 0 Å². The molecule has 0 aliphatic heterocycles.